The second-order valence-corrected chi connectivity index (χ2v) is 7.90. The molecule has 6 heteroatoms. The molecule has 160 valence electrons. The summed E-state index contributed by atoms with van der Waals surface area (Å²) >= 11 is 0. The van der Waals surface area contributed by atoms with Crippen LogP contribution in [0.4, 0.5) is 21.9 Å². The van der Waals surface area contributed by atoms with Crippen molar-refractivity contribution in [2.45, 2.75) is 46.5 Å². The minimum atomic E-state index is -0.327. The highest BCUT2D eigenvalue weighted by Gasteiger charge is 2.24. The summed E-state index contributed by atoms with van der Waals surface area (Å²) in [7, 11) is 0. The molecular formula is C24H31N3O3. The van der Waals surface area contributed by atoms with Crippen LogP contribution in [0.25, 0.3) is 0 Å². The minimum Gasteiger partial charge on any atom is -0.494 e. The van der Waals surface area contributed by atoms with Crippen molar-refractivity contribution in [1.29, 1.82) is 0 Å². The Hall–Kier alpha value is -3.02. The molecule has 3 amide bonds. The predicted molar refractivity (Wildman–Crippen MR) is 121 cm³/mol. The SMILES string of the molecule is CCCCOc1ccc(NC(=O)Nc2ccc3c(c2)N(C(=O)C(C)C)CCC3)cc1. The number of rotatable bonds is 7. The maximum atomic E-state index is 12.6. The molecule has 1 aliphatic rings. The standard InChI is InChI=1S/C24H31N3O3/c1-4-5-15-30-21-12-10-19(11-13-21)25-24(29)26-20-9-8-18-7-6-14-27(22(18)16-20)23(28)17(2)3/h8-13,16-17H,4-7,14-15H2,1-3H3,(H2,25,26,29). The van der Waals surface area contributed by atoms with Crippen molar-refractivity contribution in [2.24, 2.45) is 5.92 Å². The summed E-state index contributed by atoms with van der Waals surface area (Å²) in [6.45, 7) is 7.35. The average molecular weight is 410 g/mol. The largest absolute Gasteiger partial charge is 0.494 e. The second kappa shape index (κ2) is 10.1. The first-order valence-corrected chi connectivity index (χ1v) is 10.7. The van der Waals surface area contributed by atoms with E-state index in [9.17, 15) is 9.59 Å². The number of fused-ring (bicyclic) bond motifs is 1. The number of benzene rings is 2. The fourth-order valence-electron chi connectivity index (χ4n) is 3.46. The van der Waals surface area contributed by atoms with Gasteiger partial charge in [-0.1, -0.05) is 33.3 Å². The third-order valence-electron chi connectivity index (χ3n) is 5.10. The number of anilines is 3. The Morgan fingerprint density at radius 1 is 1.07 bits per heavy atom. The summed E-state index contributed by atoms with van der Waals surface area (Å²) in [5, 5.41) is 5.70. The number of carbonyl (C=O) groups excluding carboxylic acids is 2. The van der Waals surface area contributed by atoms with Crippen LogP contribution >= 0.6 is 0 Å². The molecule has 0 fully saturated rings. The monoisotopic (exact) mass is 409 g/mol. The van der Waals surface area contributed by atoms with Crippen LogP contribution in [0.5, 0.6) is 5.75 Å². The van der Waals surface area contributed by atoms with E-state index in [1.165, 1.54) is 0 Å². The fourth-order valence-corrected chi connectivity index (χ4v) is 3.46. The lowest BCUT2D eigenvalue weighted by Gasteiger charge is -2.31. The molecule has 0 saturated heterocycles. The van der Waals surface area contributed by atoms with Gasteiger partial charge in [-0.2, -0.15) is 0 Å². The van der Waals surface area contributed by atoms with Crippen LogP contribution in [0.15, 0.2) is 42.5 Å². The van der Waals surface area contributed by atoms with Crippen molar-refractivity contribution in [3.8, 4) is 5.75 Å². The highest BCUT2D eigenvalue weighted by Crippen LogP contribution is 2.31. The molecule has 0 aliphatic carbocycles. The van der Waals surface area contributed by atoms with Gasteiger partial charge in [0.2, 0.25) is 5.91 Å². The number of carbonyl (C=O) groups is 2. The van der Waals surface area contributed by atoms with Gasteiger partial charge in [-0.25, -0.2) is 4.79 Å². The normalized spacial score (nSPS) is 13.0. The number of urea groups is 1. The molecule has 0 atom stereocenters. The number of amides is 3. The lowest BCUT2D eigenvalue weighted by Crippen LogP contribution is -2.38. The molecule has 2 N–H and O–H groups in total. The Labute approximate surface area is 178 Å². The molecule has 30 heavy (non-hydrogen) atoms. The number of hydrogen-bond donors (Lipinski definition) is 2. The summed E-state index contributed by atoms with van der Waals surface area (Å²) < 4.78 is 5.64. The van der Waals surface area contributed by atoms with Gasteiger partial charge in [0, 0.05) is 29.5 Å². The van der Waals surface area contributed by atoms with Crippen LogP contribution in [0.1, 0.15) is 45.6 Å². The van der Waals surface area contributed by atoms with Gasteiger partial charge in [0.1, 0.15) is 5.75 Å². The van der Waals surface area contributed by atoms with Crippen LogP contribution in [-0.4, -0.2) is 25.1 Å². The van der Waals surface area contributed by atoms with Gasteiger partial charge < -0.3 is 20.3 Å². The lowest BCUT2D eigenvalue weighted by molar-refractivity contribution is -0.121. The first-order valence-electron chi connectivity index (χ1n) is 10.7. The Kier molecular flexibility index (Phi) is 7.33. The summed E-state index contributed by atoms with van der Waals surface area (Å²) in [6, 6.07) is 12.8. The molecule has 6 nitrogen and oxygen atoms in total. The van der Waals surface area contributed by atoms with Gasteiger partial charge in [-0.05, 0) is 61.2 Å². The van der Waals surface area contributed by atoms with Gasteiger partial charge in [-0.3, -0.25) is 4.79 Å². The molecule has 0 unspecified atom stereocenters. The zero-order chi connectivity index (χ0) is 21.5. The van der Waals surface area contributed by atoms with Crippen molar-refractivity contribution in [1.82, 2.24) is 0 Å². The lowest BCUT2D eigenvalue weighted by atomic mass is 9.99. The van der Waals surface area contributed by atoms with Crippen molar-refractivity contribution < 1.29 is 14.3 Å². The fraction of sp³-hybridized carbons (Fsp3) is 0.417. The summed E-state index contributed by atoms with van der Waals surface area (Å²) in [4.78, 5) is 26.8. The molecule has 2 aromatic rings. The molecule has 0 radical (unpaired) electrons. The molecule has 0 bridgehead atoms. The van der Waals surface area contributed by atoms with Gasteiger partial charge in [0.05, 0.1) is 6.61 Å². The zero-order valence-corrected chi connectivity index (χ0v) is 18.0. The third-order valence-corrected chi connectivity index (χ3v) is 5.10. The Bertz CT molecular complexity index is 878. The van der Waals surface area contributed by atoms with E-state index in [-0.39, 0.29) is 17.9 Å². The molecule has 0 saturated carbocycles. The van der Waals surface area contributed by atoms with Gasteiger partial charge >= 0.3 is 6.03 Å². The van der Waals surface area contributed by atoms with Crippen molar-refractivity contribution >= 4 is 29.0 Å². The highest BCUT2D eigenvalue weighted by molar-refractivity contribution is 6.01. The van der Waals surface area contributed by atoms with Gasteiger partial charge in [0.25, 0.3) is 0 Å². The van der Waals surface area contributed by atoms with Crippen LogP contribution in [0.3, 0.4) is 0 Å². The van der Waals surface area contributed by atoms with Crippen LogP contribution in [-0.2, 0) is 11.2 Å². The first-order chi connectivity index (χ1) is 14.5. The molecule has 2 aromatic carbocycles. The number of hydrogen-bond acceptors (Lipinski definition) is 3. The van der Waals surface area contributed by atoms with Crippen LogP contribution in [0.2, 0.25) is 0 Å². The molecule has 0 spiro atoms. The van der Waals surface area contributed by atoms with Crippen molar-refractivity contribution in [3.63, 3.8) is 0 Å². The van der Waals surface area contributed by atoms with Gasteiger partial charge in [-0.15, -0.1) is 0 Å². The van der Waals surface area contributed by atoms with E-state index in [4.69, 9.17) is 4.74 Å². The molecule has 3 rings (SSSR count). The number of nitrogens with zero attached hydrogens (tertiary/aromatic N) is 1. The second-order valence-electron chi connectivity index (χ2n) is 7.90. The maximum Gasteiger partial charge on any atom is 0.323 e. The summed E-state index contributed by atoms with van der Waals surface area (Å²) in [5.41, 5.74) is 3.38. The molecular weight excluding hydrogens is 378 g/mol. The quantitative estimate of drug-likeness (QED) is 0.598. The maximum absolute atomic E-state index is 12.6. The third kappa shape index (κ3) is 5.53. The van der Waals surface area contributed by atoms with Crippen molar-refractivity contribution in [2.75, 3.05) is 28.7 Å². The average Bonchev–Trinajstić information content (AvgIpc) is 2.74. The number of ether oxygens (including phenoxy) is 1. The summed E-state index contributed by atoms with van der Waals surface area (Å²) in [5.74, 6) is 0.836. The highest BCUT2D eigenvalue weighted by atomic mass is 16.5. The Balaban J connectivity index is 1.63. The van der Waals surface area contributed by atoms with Crippen molar-refractivity contribution in [3.05, 3.63) is 48.0 Å². The Morgan fingerprint density at radius 3 is 2.47 bits per heavy atom. The van der Waals surface area contributed by atoms with E-state index in [1.807, 2.05) is 61.2 Å². The van der Waals surface area contributed by atoms with Gasteiger partial charge in [0.15, 0.2) is 0 Å². The number of unbranched alkanes of at least 4 members (excludes halogenated alkanes) is 1. The number of nitrogens with one attached hydrogen (secondary N) is 2. The van der Waals surface area contributed by atoms with Crippen LogP contribution in [0, 0.1) is 5.92 Å². The van der Waals surface area contributed by atoms with E-state index in [0.717, 1.165) is 42.7 Å². The molecule has 1 aliphatic heterocycles. The number of aryl methyl sites for hydroxylation is 1. The zero-order valence-electron chi connectivity index (χ0n) is 18.0. The van der Waals surface area contributed by atoms with E-state index >= 15 is 0 Å². The predicted octanol–water partition coefficient (Wildman–Crippen LogP) is 5.44. The van der Waals surface area contributed by atoms with E-state index in [2.05, 4.69) is 17.6 Å². The minimum absolute atomic E-state index is 0.0650. The summed E-state index contributed by atoms with van der Waals surface area (Å²) in [6.07, 6.45) is 4.00. The van der Waals surface area contributed by atoms with E-state index < -0.39 is 0 Å². The Morgan fingerprint density at radius 2 is 1.77 bits per heavy atom. The van der Waals surface area contributed by atoms with E-state index in [0.29, 0.717) is 24.5 Å². The first kappa shape index (κ1) is 21.7. The topological polar surface area (TPSA) is 70.7 Å². The molecule has 1 heterocycles. The van der Waals surface area contributed by atoms with E-state index in [1.54, 1.807) is 0 Å². The van der Waals surface area contributed by atoms with Crippen LogP contribution < -0.4 is 20.3 Å². The molecule has 0 aromatic heterocycles. The smallest absolute Gasteiger partial charge is 0.323 e.